The highest BCUT2D eigenvalue weighted by Crippen LogP contribution is 2.34. The molecule has 1 aromatic heterocycles. The van der Waals surface area contributed by atoms with Crippen molar-refractivity contribution in [1.82, 2.24) is 9.88 Å². The molecule has 9 nitrogen and oxygen atoms in total. The minimum atomic E-state index is -0.816. The monoisotopic (exact) mass is 598 g/mol. The van der Waals surface area contributed by atoms with Crippen LogP contribution < -0.4 is 20.3 Å². The third-order valence-corrected chi connectivity index (χ3v) is 8.01. The van der Waals surface area contributed by atoms with Crippen LogP contribution in [0.2, 0.25) is 0 Å². The van der Waals surface area contributed by atoms with Crippen LogP contribution in [0.5, 0.6) is 5.75 Å². The summed E-state index contributed by atoms with van der Waals surface area (Å²) in [7, 11) is 0. The van der Waals surface area contributed by atoms with E-state index in [1.165, 1.54) is 11.0 Å². The van der Waals surface area contributed by atoms with Gasteiger partial charge in [0.25, 0.3) is 0 Å². The third-order valence-electron chi connectivity index (χ3n) is 8.01. The molecular weight excluding hydrogens is 566 g/mol. The summed E-state index contributed by atoms with van der Waals surface area (Å²) in [6.45, 7) is 5.71. The second-order valence-corrected chi connectivity index (χ2v) is 10.9. The van der Waals surface area contributed by atoms with Crippen molar-refractivity contribution in [2.45, 2.75) is 25.9 Å². The number of benzene rings is 3. The first-order valence-corrected chi connectivity index (χ1v) is 14.6. The number of hydrogen-bond donors (Lipinski definition) is 2. The molecular formula is C33H32F2N6O3. The molecule has 2 aliphatic heterocycles. The Morgan fingerprint density at radius 2 is 1.77 bits per heavy atom. The largest absolute Gasteiger partial charge is 0.490 e. The highest BCUT2D eigenvalue weighted by molar-refractivity contribution is 5.97. The van der Waals surface area contributed by atoms with E-state index in [-0.39, 0.29) is 6.10 Å². The Morgan fingerprint density at radius 3 is 2.48 bits per heavy atom. The summed E-state index contributed by atoms with van der Waals surface area (Å²) in [5, 5.41) is 16.5. The number of nitrogens with zero attached hydrogens (tertiary/aromatic N) is 4. The van der Waals surface area contributed by atoms with Crippen molar-refractivity contribution in [2.24, 2.45) is 0 Å². The van der Waals surface area contributed by atoms with Crippen LogP contribution in [-0.4, -0.2) is 61.4 Å². The normalized spacial score (nSPS) is 15.6. The number of aromatic nitrogens is 1. The number of carbonyl (C=O) groups is 1. The van der Waals surface area contributed by atoms with Crippen LogP contribution in [0.4, 0.5) is 36.3 Å². The number of pyridine rings is 1. The Balaban J connectivity index is 1.12. The van der Waals surface area contributed by atoms with E-state index in [0.717, 1.165) is 58.8 Å². The highest BCUT2D eigenvalue weighted by Gasteiger charge is 2.26. The molecule has 0 saturated carbocycles. The lowest BCUT2D eigenvalue weighted by molar-refractivity contribution is 0.115. The van der Waals surface area contributed by atoms with E-state index in [0.29, 0.717) is 50.4 Å². The van der Waals surface area contributed by atoms with Gasteiger partial charge in [0.1, 0.15) is 35.2 Å². The number of morpholine rings is 1. The maximum atomic E-state index is 13.9. The number of hydrogen-bond acceptors (Lipinski definition) is 7. The second-order valence-electron chi connectivity index (χ2n) is 10.9. The molecule has 3 heterocycles. The van der Waals surface area contributed by atoms with Crippen molar-refractivity contribution in [2.75, 3.05) is 54.9 Å². The number of aryl methyl sites for hydroxylation is 1. The number of nitrogens with one attached hydrogen (secondary N) is 2. The molecule has 0 spiro atoms. The zero-order chi connectivity index (χ0) is 30.6. The third kappa shape index (κ3) is 6.21. The first-order valence-electron chi connectivity index (χ1n) is 14.6. The molecule has 0 aliphatic carbocycles. The van der Waals surface area contributed by atoms with Crippen molar-refractivity contribution < 1.29 is 23.0 Å². The molecule has 0 bridgehead atoms. The number of halogens is 2. The van der Waals surface area contributed by atoms with Gasteiger partial charge in [-0.3, -0.25) is 4.98 Å². The van der Waals surface area contributed by atoms with E-state index >= 15 is 0 Å². The van der Waals surface area contributed by atoms with Gasteiger partial charge < -0.3 is 29.9 Å². The fraction of sp³-hybridized carbons (Fsp3) is 0.303. The molecule has 6 rings (SSSR count). The highest BCUT2D eigenvalue weighted by atomic mass is 19.1. The van der Waals surface area contributed by atoms with Gasteiger partial charge in [-0.15, -0.1) is 0 Å². The molecule has 2 N–H and O–H groups in total. The number of ether oxygens (including phenoxy) is 2. The molecule has 0 unspecified atom stereocenters. The minimum absolute atomic E-state index is 0.116. The summed E-state index contributed by atoms with van der Waals surface area (Å²) < 4.78 is 39.7. The summed E-state index contributed by atoms with van der Waals surface area (Å²) in [6, 6.07) is 17.0. The van der Waals surface area contributed by atoms with Crippen LogP contribution in [0.15, 0.2) is 60.8 Å². The molecule has 44 heavy (non-hydrogen) atoms. The molecule has 2 amide bonds. The van der Waals surface area contributed by atoms with Gasteiger partial charge in [0.2, 0.25) is 0 Å². The van der Waals surface area contributed by atoms with E-state index in [2.05, 4.69) is 32.7 Å². The van der Waals surface area contributed by atoms with Crippen LogP contribution >= 0.6 is 0 Å². The zero-order valence-corrected chi connectivity index (χ0v) is 24.3. The van der Waals surface area contributed by atoms with Gasteiger partial charge >= 0.3 is 6.03 Å². The van der Waals surface area contributed by atoms with E-state index < -0.39 is 23.4 Å². The first kappa shape index (κ1) is 29.1. The Kier molecular flexibility index (Phi) is 8.43. The number of rotatable bonds is 6. The average molecular weight is 599 g/mol. The summed E-state index contributed by atoms with van der Waals surface area (Å²) in [4.78, 5) is 20.9. The molecule has 0 radical (unpaired) electrons. The molecule has 2 saturated heterocycles. The van der Waals surface area contributed by atoms with Crippen LogP contribution in [-0.2, 0) is 4.74 Å². The lowest BCUT2D eigenvalue weighted by Crippen LogP contribution is -2.44. The van der Waals surface area contributed by atoms with Crippen LogP contribution in [0, 0.1) is 29.9 Å². The minimum Gasteiger partial charge on any atom is -0.490 e. The Bertz CT molecular complexity index is 1710. The summed E-state index contributed by atoms with van der Waals surface area (Å²) in [5.74, 6) is -0.908. The second kappa shape index (κ2) is 12.7. The number of piperidine rings is 1. The molecule has 4 aromatic rings. The van der Waals surface area contributed by atoms with Gasteiger partial charge in [0.15, 0.2) is 0 Å². The van der Waals surface area contributed by atoms with Gasteiger partial charge in [-0.2, -0.15) is 5.26 Å². The van der Waals surface area contributed by atoms with Gasteiger partial charge in [-0.05, 0) is 61.0 Å². The Labute approximate surface area is 254 Å². The van der Waals surface area contributed by atoms with E-state index in [1.54, 1.807) is 6.20 Å². The molecule has 2 fully saturated rings. The lowest BCUT2D eigenvalue weighted by atomic mass is 10.1. The van der Waals surface area contributed by atoms with E-state index in [1.807, 2.05) is 37.3 Å². The molecule has 2 aliphatic rings. The molecule has 226 valence electrons. The topological polar surface area (TPSA) is 103 Å². The quantitative estimate of drug-likeness (QED) is 0.267. The zero-order valence-electron chi connectivity index (χ0n) is 24.3. The van der Waals surface area contributed by atoms with Crippen LogP contribution in [0.1, 0.15) is 24.0 Å². The predicted molar refractivity (Wildman–Crippen MR) is 165 cm³/mol. The number of carbonyl (C=O) groups excluding carboxylic acids is 1. The van der Waals surface area contributed by atoms with Crippen molar-refractivity contribution in [3.05, 3.63) is 83.6 Å². The smallest absolute Gasteiger partial charge is 0.322 e. The number of urea groups is 1. The van der Waals surface area contributed by atoms with Gasteiger partial charge in [0.05, 0.1) is 30.0 Å². The summed E-state index contributed by atoms with van der Waals surface area (Å²) in [6.07, 6.45) is 2.62. The maximum absolute atomic E-state index is 13.9. The number of fused-ring (bicyclic) bond motifs is 1. The van der Waals surface area contributed by atoms with Gasteiger partial charge in [-0.1, -0.05) is 6.07 Å². The van der Waals surface area contributed by atoms with Gasteiger partial charge in [0, 0.05) is 62.0 Å². The number of anilines is 4. The molecule has 0 atom stereocenters. The number of para-hydroxylation sites is 1. The fourth-order valence-corrected chi connectivity index (χ4v) is 5.58. The Morgan fingerprint density at radius 1 is 1.02 bits per heavy atom. The lowest BCUT2D eigenvalue weighted by Gasteiger charge is -2.32. The summed E-state index contributed by atoms with van der Waals surface area (Å²) >= 11 is 0. The standard InChI is InChI=1S/C33H32F2N6O3/c1-21-17-23(38-31-22(19-36)20-37-29-7-6-24(18-26(29)31)40-13-15-43-16-14-40)5-8-30(21)44-25-9-11-41(12-10-25)33(42)39-32-27(34)3-2-4-28(32)35/h2-8,17-18,20,25H,9-16H2,1H3,(H,37,38)(H,39,42). The first-order chi connectivity index (χ1) is 21.4. The van der Waals surface area contributed by atoms with Crippen molar-refractivity contribution in [3.8, 4) is 11.8 Å². The Hall–Kier alpha value is -4.95. The SMILES string of the molecule is Cc1cc(Nc2c(C#N)cnc3ccc(N4CCOCC4)cc23)ccc1OC1CCN(C(=O)Nc2c(F)cccc2F)CC1. The van der Waals surface area contributed by atoms with Crippen LogP contribution in [0.25, 0.3) is 10.9 Å². The molecule has 11 heteroatoms. The fourth-order valence-electron chi connectivity index (χ4n) is 5.58. The summed E-state index contributed by atoms with van der Waals surface area (Å²) in [5.41, 5.74) is 4.27. The van der Waals surface area contributed by atoms with Crippen molar-refractivity contribution in [1.29, 1.82) is 5.26 Å². The van der Waals surface area contributed by atoms with E-state index in [4.69, 9.17) is 9.47 Å². The van der Waals surface area contributed by atoms with Crippen molar-refractivity contribution in [3.63, 3.8) is 0 Å². The van der Waals surface area contributed by atoms with Gasteiger partial charge in [-0.25, -0.2) is 13.6 Å². The maximum Gasteiger partial charge on any atom is 0.322 e. The van der Waals surface area contributed by atoms with Crippen molar-refractivity contribution >= 4 is 39.7 Å². The average Bonchev–Trinajstić information content (AvgIpc) is 3.05. The number of likely N-dealkylation sites (tertiary alicyclic amines) is 1. The van der Waals surface area contributed by atoms with Crippen LogP contribution in [0.3, 0.4) is 0 Å². The number of amides is 2. The molecule has 3 aromatic carbocycles. The number of nitriles is 1. The predicted octanol–water partition coefficient (Wildman–Crippen LogP) is 6.35. The van der Waals surface area contributed by atoms with E-state index in [9.17, 15) is 18.8 Å².